The van der Waals surface area contributed by atoms with E-state index in [-0.39, 0.29) is 11.9 Å². The first-order valence-corrected chi connectivity index (χ1v) is 11.0. The van der Waals surface area contributed by atoms with Crippen molar-refractivity contribution in [3.63, 3.8) is 0 Å². The van der Waals surface area contributed by atoms with Gasteiger partial charge in [-0.15, -0.1) is 0 Å². The van der Waals surface area contributed by atoms with Gasteiger partial charge in [-0.2, -0.15) is 0 Å². The Hall–Kier alpha value is -2.57. The molecule has 1 aromatic carbocycles. The average molecular weight is 405 g/mol. The smallest absolute Gasteiger partial charge is 0.170 e. The van der Waals surface area contributed by atoms with E-state index in [4.69, 9.17) is 9.73 Å². The largest absolute Gasteiger partial charge is 0.484 e. The highest BCUT2D eigenvalue weighted by Gasteiger charge is 2.30. The molecule has 30 heavy (non-hydrogen) atoms. The molecule has 1 fully saturated rings. The second-order valence-corrected chi connectivity index (χ2v) is 8.43. The van der Waals surface area contributed by atoms with Crippen LogP contribution < -0.4 is 15.4 Å². The lowest BCUT2D eigenvalue weighted by Crippen LogP contribution is -2.34. The molecular formula is C24H28N4O2. The first-order chi connectivity index (χ1) is 14.8. The summed E-state index contributed by atoms with van der Waals surface area (Å²) in [5.74, 6) is 1.71. The fraction of sp³-hybridized carbons (Fsp3) is 0.458. The maximum Gasteiger partial charge on any atom is 0.170 e. The van der Waals surface area contributed by atoms with Crippen LogP contribution >= 0.6 is 0 Å². The van der Waals surface area contributed by atoms with Crippen LogP contribution in [0.1, 0.15) is 47.3 Å². The number of aliphatic imine (C=N–C) groups is 1. The molecular weight excluding hydrogens is 376 g/mol. The lowest BCUT2D eigenvalue weighted by Gasteiger charge is -2.29. The lowest BCUT2D eigenvalue weighted by atomic mass is 9.93. The van der Waals surface area contributed by atoms with Gasteiger partial charge in [0.1, 0.15) is 11.9 Å². The van der Waals surface area contributed by atoms with Gasteiger partial charge in [0, 0.05) is 18.3 Å². The number of fused-ring (bicyclic) bond motifs is 2. The Labute approximate surface area is 177 Å². The third-order valence-electron chi connectivity index (χ3n) is 6.37. The fourth-order valence-corrected chi connectivity index (χ4v) is 4.64. The average Bonchev–Trinajstić information content (AvgIpc) is 2.80. The van der Waals surface area contributed by atoms with E-state index in [1.807, 2.05) is 18.2 Å². The molecule has 0 spiro atoms. The lowest BCUT2D eigenvalue weighted by molar-refractivity contribution is 0.0995. The number of ether oxygens (including phenoxy) is 1. The van der Waals surface area contributed by atoms with E-state index in [1.54, 1.807) is 12.3 Å². The summed E-state index contributed by atoms with van der Waals surface area (Å²) in [7, 11) is 0. The van der Waals surface area contributed by atoms with E-state index in [1.165, 1.54) is 18.4 Å². The van der Waals surface area contributed by atoms with Crippen molar-refractivity contribution in [2.75, 3.05) is 19.6 Å². The topological polar surface area (TPSA) is 75.6 Å². The van der Waals surface area contributed by atoms with Crippen molar-refractivity contribution in [3.05, 3.63) is 53.3 Å². The van der Waals surface area contributed by atoms with Crippen molar-refractivity contribution < 1.29 is 9.53 Å². The SMILES string of the molecule is O=C1CC(C2CCc3ccccc3O2)=Nc2c1ccnc2CNCC1CCNCC1. The van der Waals surface area contributed by atoms with Gasteiger partial charge in [-0.3, -0.25) is 14.8 Å². The number of benzene rings is 1. The highest BCUT2D eigenvalue weighted by Crippen LogP contribution is 2.33. The van der Waals surface area contributed by atoms with Crippen LogP contribution in [-0.4, -0.2) is 42.2 Å². The predicted octanol–water partition coefficient (Wildman–Crippen LogP) is 3.22. The van der Waals surface area contributed by atoms with Crippen LogP contribution in [0.2, 0.25) is 0 Å². The van der Waals surface area contributed by atoms with Crippen LogP contribution in [0.3, 0.4) is 0 Å². The second kappa shape index (κ2) is 8.66. The van der Waals surface area contributed by atoms with Crippen molar-refractivity contribution in [1.82, 2.24) is 15.6 Å². The summed E-state index contributed by atoms with van der Waals surface area (Å²) in [6, 6.07) is 9.92. The molecule has 2 N–H and O–H groups in total. The Morgan fingerprint density at radius 1 is 1.13 bits per heavy atom. The summed E-state index contributed by atoms with van der Waals surface area (Å²) in [6.07, 6.45) is 6.11. The Morgan fingerprint density at radius 2 is 2.00 bits per heavy atom. The molecule has 0 bridgehead atoms. The molecule has 0 saturated carbocycles. The van der Waals surface area contributed by atoms with Gasteiger partial charge in [-0.25, -0.2) is 0 Å². The van der Waals surface area contributed by atoms with E-state index in [2.05, 4.69) is 21.7 Å². The normalized spacial score (nSPS) is 21.4. The zero-order valence-electron chi connectivity index (χ0n) is 17.2. The molecule has 0 aliphatic carbocycles. The van der Waals surface area contributed by atoms with Crippen LogP contribution in [0.5, 0.6) is 5.75 Å². The molecule has 1 saturated heterocycles. The summed E-state index contributed by atoms with van der Waals surface area (Å²) < 4.78 is 6.21. The van der Waals surface area contributed by atoms with Gasteiger partial charge in [0.2, 0.25) is 0 Å². The number of carbonyl (C=O) groups is 1. The number of ketones is 1. The second-order valence-electron chi connectivity index (χ2n) is 8.43. The molecule has 0 radical (unpaired) electrons. The van der Waals surface area contributed by atoms with Crippen LogP contribution in [-0.2, 0) is 13.0 Å². The van der Waals surface area contributed by atoms with E-state index in [0.29, 0.717) is 24.4 Å². The number of para-hydroxylation sites is 1. The number of aryl methyl sites for hydroxylation is 1. The highest BCUT2D eigenvalue weighted by atomic mass is 16.5. The number of nitrogens with zero attached hydrogens (tertiary/aromatic N) is 2. The summed E-state index contributed by atoms with van der Waals surface area (Å²) in [5.41, 5.74) is 4.31. The van der Waals surface area contributed by atoms with Gasteiger partial charge in [-0.05, 0) is 68.9 Å². The summed E-state index contributed by atoms with van der Waals surface area (Å²) in [4.78, 5) is 22.3. The summed E-state index contributed by atoms with van der Waals surface area (Å²) in [5, 5.41) is 6.95. The molecule has 6 nitrogen and oxygen atoms in total. The van der Waals surface area contributed by atoms with E-state index < -0.39 is 0 Å². The monoisotopic (exact) mass is 404 g/mol. The van der Waals surface area contributed by atoms with Crippen LogP contribution in [0, 0.1) is 5.92 Å². The molecule has 2 aromatic rings. The number of piperidine rings is 1. The Balaban J connectivity index is 1.33. The first-order valence-electron chi connectivity index (χ1n) is 11.0. The molecule has 156 valence electrons. The third kappa shape index (κ3) is 4.02. The van der Waals surface area contributed by atoms with Crippen molar-refractivity contribution in [1.29, 1.82) is 0 Å². The van der Waals surface area contributed by atoms with Crippen LogP contribution in [0.15, 0.2) is 41.5 Å². The maximum atomic E-state index is 12.9. The number of nitrogens with one attached hydrogen (secondary N) is 2. The number of aromatic nitrogens is 1. The molecule has 4 heterocycles. The molecule has 6 heteroatoms. The molecule has 1 atom stereocenters. The minimum absolute atomic E-state index is 0.111. The number of pyridine rings is 1. The van der Waals surface area contributed by atoms with E-state index >= 15 is 0 Å². The number of hydrogen-bond acceptors (Lipinski definition) is 6. The van der Waals surface area contributed by atoms with Gasteiger partial charge in [0.15, 0.2) is 5.78 Å². The van der Waals surface area contributed by atoms with Gasteiger partial charge in [0.05, 0.1) is 23.5 Å². The molecule has 1 unspecified atom stereocenters. The van der Waals surface area contributed by atoms with Crippen LogP contribution in [0.25, 0.3) is 0 Å². The molecule has 3 aliphatic heterocycles. The summed E-state index contributed by atoms with van der Waals surface area (Å²) in [6.45, 7) is 3.79. The van der Waals surface area contributed by atoms with Crippen molar-refractivity contribution in [2.45, 2.75) is 44.8 Å². The minimum atomic E-state index is -0.146. The number of rotatable bonds is 5. The first kappa shape index (κ1) is 19.4. The van der Waals surface area contributed by atoms with Gasteiger partial charge in [-0.1, -0.05) is 18.2 Å². The zero-order chi connectivity index (χ0) is 20.3. The van der Waals surface area contributed by atoms with Crippen LogP contribution in [0.4, 0.5) is 5.69 Å². The number of hydrogen-bond donors (Lipinski definition) is 2. The fourth-order valence-electron chi connectivity index (χ4n) is 4.64. The highest BCUT2D eigenvalue weighted by molar-refractivity contribution is 6.17. The third-order valence-corrected chi connectivity index (χ3v) is 6.37. The molecule has 5 rings (SSSR count). The van der Waals surface area contributed by atoms with Crippen molar-refractivity contribution >= 4 is 17.2 Å². The van der Waals surface area contributed by atoms with Crippen molar-refractivity contribution in [2.24, 2.45) is 10.9 Å². The molecule has 0 amide bonds. The van der Waals surface area contributed by atoms with Crippen molar-refractivity contribution in [3.8, 4) is 5.75 Å². The van der Waals surface area contributed by atoms with Gasteiger partial charge in [0.25, 0.3) is 0 Å². The standard InChI is InChI=1S/C24H28N4O2/c29-21-13-19(23-6-5-17-3-1-2-4-22(17)30-23)28-24-18(21)9-12-27-20(24)15-26-14-16-7-10-25-11-8-16/h1-4,9,12,16,23,25-26H,5-8,10-11,13-15H2. The Kier molecular flexibility index (Phi) is 5.60. The predicted molar refractivity (Wildman–Crippen MR) is 117 cm³/mol. The van der Waals surface area contributed by atoms with Gasteiger partial charge < -0.3 is 15.4 Å². The van der Waals surface area contributed by atoms with Gasteiger partial charge >= 0.3 is 0 Å². The minimum Gasteiger partial charge on any atom is -0.484 e. The number of Topliss-reactive ketones (excluding diaryl/α,β-unsaturated/α-hetero) is 1. The quantitative estimate of drug-likeness (QED) is 0.800. The molecule has 1 aromatic heterocycles. The number of carbonyl (C=O) groups excluding carboxylic acids is 1. The zero-order valence-corrected chi connectivity index (χ0v) is 17.2. The maximum absolute atomic E-state index is 12.9. The Bertz CT molecular complexity index is 965. The Morgan fingerprint density at radius 3 is 2.90 bits per heavy atom. The summed E-state index contributed by atoms with van der Waals surface area (Å²) >= 11 is 0. The van der Waals surface area contributed by atoms with E-state index in [9.17, 15) is 4.79 Å². The molecule has 3 aliphatic rings. The van der Waals surface area contributed by atoms with E-state index in [0.717, 1.165) is 55.3 Å².